The van der Waals surface area contributed by atoms with E-state index in [9.17, 15) is 0 Å². The quantitative estimate of drug-likeness (QED) is 0.533. The van der Waals surface area contributed by atoms with Gasteiger partial charge in [-0.15, -0.1) is 0 Å². The number of hydrogen-bond donors (Lipinski definition) is 2. The van der Waals surface area contributed by atoms with Crippen LogP contribution < -0.4 is 11.3 Å². The van der Waals surface area contributed by atoms with Crippen LogP contribution in [0.1, 0.15) is 25.3 Å². The molecule has 1 heterocycles. The maximum Gasteiger partial charge on any atom is 0.159 e. The highest BCUT2D eigenvalue weighted by atomic mass is 16.5. The van der Waals surface area contributed by atoms with Crippen LogP contribution in [0.4, 0.5) is 5.82 Å². The Morgan fingerprint density at radius 1 is 1.69 bits per heavy atom. The van der Waals surface area contributed by atoms with Crippen molar-refractivity contribution >= 4 is 5.82 Å². The second-order valence-electron chi connectivity index (χ2n) is 2.58. The van der Waals surface area contributed by atoms with Crippen LogP contribution in [-0.4, -0.2) is 17.1 Å². The Bertz CT molecular complexity index is 262. The minimum atomic E-state index is -0.0618. The van der Waals surface area contributed by atoms with Crippen LogP contribution in [-0.2, 0) is 4.74 Å². The fraction of sp³-hybridized carbons (Fsp3) is 0.500. The number of hydrazine groups is 1. The largest absolute Gasteiger partial charge is 0.373 e. The van der Waals surface area contributed by atoms with Crippen LogP contribution >= 0.6 is 0 Å². The zero-order valence-corrected chi connectivity index (χ0v) is 7.82. The Balaban J connectivity index is 2.86. The summed E-state index contributed by atoms with van der Waals surface area (Å²) in [7, 11) is 1.64. The molecule has 0 aliphatic heterocycles. The third kappa shape index (κ3) is 2.37. The van der Waals surface area contributed by atoms with Gasteiger partial charge in [0, 0.05) is 19.4 Å². The van der Waals surface area contributed by atoms with E-state index >= 15 is 0 Å². The number of ether oxygens (including phenoxy) is 1. The van der Waals surface area contributed by atoms with Crippen molar-refractivity contribution in [3.05, 3.63) is 18.1 Å². The van der Waals surface area contributed by atoms with Crippen molar-refractivity contribution in [2.24, 2.45) is 5.84 Å². The van der Waals surface area contributed by atoms with Gasteiger partial charge in [0.15, 0.2) is 5.82 Å². The molecule has 1 rings (SSSR count). The number of nitrogen functional groups attached to an aromatic ring is 1. The summed E-state index contributed by atoms with van der Waals surface area (Å²) >= 11 is 0. The Hall–Kier alpha value is -1.20. The fourth-order valence-electron chi connectivity index (χ4n) is 1.06. The zero-order valence-electron chi connectivity index (χ0n) is 7.82. The van der Waals surface area contributed by atoms with E-state index in [1.54, 1.807) is 19.4 Å². The molecule has 0 aliphatic carbocycles. The predicted molar refractivity (Wildman–Crippen MR) is 49.9 cm³/mol. The van der Waals surface area contributed by atoms with E-state index in [-0.39, 0.29) is 6.10 Å². The number of methoxy groups -OCH3 is 1. The molecule has 1 aromatic heterocycles. The maximum absolute atomic E-state index is 5.22. The number of nitrogens with zero attached hydrogens (tertiary/aromatic N) is 2. The van der Waals surface area contributed by atoms with Crippen LogP contribution in [0.2, 0.25) is 0 Å². The normalized spacial score (nSPS) is 12.5. The van der Waals surface area contributed by atoms with Gasteiger partial charge in [0.05, 0.1) is 0 Å². The van der Waals surface area contributed by atoms with Gasteiger partial charge in [-0.2, -0.15) is 0 Å². The Labute approximate surface area is 77.3 Å². The molecule has 13 heavy (non-hydrogen) atoms. The molecule has 5 nitrogen and oxygen atoms in total. The molecule has 0 aliphatic rings. The van der Waals surface area contributed by atoms with Crippen LogP contribution in [0.25, 0.3) is 0 Å². The van der Waals surface area contributed by atoms with E-state index in [2.05, 4.69) is 15.4 Å². The first kappa shape index (κ1) is 9.88. The molecule has 1 aromatic rings. The first-order valence-corrected chi connectivity index (χ1v) is 4.14. The standard InChI is InChI=1S/C8H14N4O/c1-3-6(13-2)8-10-5-4-7(11-8)12-9/h4-6H,3,9H2,1-2H3,(H,10,11,12). The molecule has 0 radical (unpaired) electrons. The van der Waals surface area contributed by atoms with Gasteiger partial charge >= 0.3 is 0 Å². The molecule has 0 saturated heterocycles. The van der Waals surface area contributed by atoms with Crippen molar-refractivity contribution in [1.29, 1.82) is 0 Å². The molecule has 0 aromatic carbocycles. The summed E-state index contributed by atoms with van der Waals surface area (Å²) in [6.45, 7) is 2.01. The molecular formula is C8H14N4O. The van der Waals surface area contributed by atoms with Crippen LogP contribution in [0.15, 0.2) is 12.3 Å². The molecule has 1 unspecified atom stereocenters. The number of nitrogens with two attached hydrogens (primary N) is 1. The SMILES string of the molecule is CCC(OC)c1nccc(NN)n1. The van der Waals surface area contributed by atoms with Crippen molar-refractivity contribution in [2.75, 3.05) is 12.5 Å². The number of hydrogen-bond acceptors (Lipinski definition) is 5. The second kappa shape index (κ2) is 4.74. The van der Waals surface area contributed by atoms with E-state index in [0.29, 0.717) is 11.6 Å². The van der Waals surface area contributed by atoms with Gasteiger partial charge in [-0.3, -0.25) is 0 Å². The van der Waals surface area contributed by atoms with Crippen LogP contribution in [0, 0.1) is 0 Å². The lowest BCUT2D eigenvalue weighted by Gasteiger charge is -2.11. The first-order chi connectivity index (χ1) is 6.31. The Kier molecular flexibility index (Phi) is 3.60. The summed E-state index contributed by atoms with van der Waals surface area (Å²) in [6, 6.07) is 1.70. The minimum Gasteiger partial charge on any atom is -0.373 e. The molecule has 0 spiro atoms. The van der Waals surface area contributed by atoms with Gasteiger partial charge in [-0.05, 0) is 6.42 Å². The van der Waals surface area contributed by atoms with Crippen LogP contribution in [0.5, 0.6) is 0 Å². The second-order valence-corrected chi connectivity index (χ2v) is 2.58. The zero-order chi connectivity index (χ0) is 9.68. The van der Waals surface area contributed by atoms with Gasteiger partial charge in [0.2, 0.25) is 0 Å². The minimum absolute atomic E-state index is 0.0618. The molecule has 0 saturated carbocycles. The number of anilines is 1. The fourth-order valence-corrected chi connectivity index (χ4v) is 1.06. The number of rotatable bonds is 4. The monoisotopic (exact) mass is 182 g/mol. The molecule has 3 N–H and O–H groups in total. The third-order valence-electron chi connectivity index (χ3n) is 1.77. The van der Waals surface area contributed by atoms with Gasteiger partial charge in [-0.25, -0.2) is 15.8 Å². The van der Waals surface area contributed by atoms with Gasteiger partial charge < -0.3 is 10.2 Å². The lowest BCUT2D eigenvalue weighted by molar-refractivity contribution is 0.0927. The summed E-state index contributed by atoms with van der Waals surface area (Å²) in [5.41, 5.74) is 2.46. The highest BCUT2D eigenvalue weighted by molar-refractivity contribution is 5.30. The van der Waals surface area contributed by atoms with E-state index < -0.39 is 0 Å². The van der Waals surface area contributed by atoms with Crippen LogP contribution in [0.3, 0.4) is 0 Å². The van der Waals surface area contributed by atoms with Crippen molar-refractivity contribution in [3.8, 4) is 0 Å². The first-order valence-electron chi connectivity index (χ1n) is 4.14. The van der Waals surface area contributed by atoms with Gasteiger partial charge in [0.1, 0.15) is 11.9 Å². The molecular weight excluding hydrogens is 168 g/mol. The summed E-state index contributed by atoms with van der Waals surface area (Å²) < 4.78 is 5.19. The van der Waals surface area contributed by atoms with Crippen molar-refractivity contribution in [3.63, 3.8) is 0 Å². The molecule has 0 amide bonds. The van der Waals surface area contributed by atoms with E-state index in [4.69, 9.17) is 10.6 Å². The molecule has 0 fully saturated rings. The number of nitrogens with one attached hydrogen (secondary N) is 1. The Morgan fingerprint density at radius 3 is 3.00 bits per heavy atom. The lowest BCUT2D eigenvalue weighted by atomic mass is 10.2. The van der Waals surface area contributed by atoms with Crippen molar-refractivity contribution < 1.29 is 4.74 Å². The summed E-state index contributed by atoms with van der Waals surface area (Å²) in [5.74, 6) is 6.47. The Morgan fingerprint density at radius 2 is 2.46 bits per heavy atom. The van der Waals surface area contributed by atoms with Gasteiger partial charge in [-0.1, -0.05) is 6.92 Å². The van der Waals surface area contributed by atoms with Crippen molar-refractivity contribution in [2.45, 2.75) is 19.4 Å². The van der Waals surface area contributed by atoms with Gasteiger partial charge in [0.25, 0.3) is 0 Å². The third-order valence-corrected chi connectivity index (χ3v) is 1.77. The topological polar surface area (TPSA) is 73.1 Å². The average molecular weight is 182 g/mol. The van der Waals surface area contributed by atoms with Crippen molar-refractivity contribution in [1.82, 2.24) is 9.97 Å². The van der Waals surface area contributed by atoms with E-state index in [0.717, 1.165) is 6.42 Å². The number of aromatic nitrogens is 2. The molecule has 0 bridgehead atoms. The summed E-state index contributed by atoms with van der Waals surface area (Å²) in [4.78, 5) is 8.26. The summed E-state index contributed by atoms with van der Waals surface area (Å²) in [6.07, 6.45) is 2.43. The maximum atomic E-state index is 5.22. The summed E-state index contributed by atoms with van der Waals surface area (Å²) in [5, 5.41) is 0. The van der Waals surface area contributed by atoms with E-state index in [1.807, 2.05) is 6.92 Å². The molecule has 72 valence electrons. The molecule has 5 heteroatoms. The lowest BCUT2D eigenvalue weighted by Crippen LogP contribution is -2.12. The smallest absolute Gasteiger partial charge is 0.159 e. The highest BCUT2D eigenvalue weighted by Gasteiger charge is 2.10. The van der Waals surface area contributed by atoms with E-state index in [1.165, 1.54) is 0 Å². The average Bonchev–Trinajstić information content (AvgIpc) is 2.20. The molecule has 1 atom stereocenters. The highest BCUT2D eigenvalue weighted by Crippen LogP contribution is 2.16. The predicted octanol–water partition coefficient (Wildman–Crippen LogP) is 0.860.